The Labute approximate surface area is 82.3 Å². The van der Waals surface area contributed by atoms with Crippen LogP contribution < -0.4 is 0 Å². The van der Waals surface area contributed by atoms with Gasteiger partial charge in [-0.05, 0) is 19.3 Å². The van der Waals surface area contributed by atoms with Gasteiger partial charge in [0.25, 0.3) is 0 Å². The third-order valence-electron chi connectivity index (χ3n) is 2.61. The maximum absolute atomic E-state index is 5.60. The Balaban J connectivity index is 1.86. The predicted octanol–water partition coefficient (Wildman–Crippen LogP) is 2.64. The van der Waals surface area contributed by atoms with E-state index in [4.69, 9.17) is 4.74 Å². The standard InChI is InChI=1S/C11H23NO/c1-2-3-7-10-13-11-12-8-5-4-6-9-12/h2-11H2,1H3. The number of hydrogen-bond acceptors (Lipinski definition) is 2. The molecule has 0 amide bonds. The molecule has 1 aliphatic rings. The van der Waals surface area contributed by atoms with Crippen molar-refractivity contribution in [1.29, 1.82) is 0 Å². The maximum atomic E-state index is 5.60. The SMILES string of the molecule is CCCCCOCN1CCCCC1. The number of rotatable bonds is 6. The highest BCUT2D eigenvalue weighted by atomic mass is 16.5. The van der Waals surface area contributed by atoms with Gasteiger partial charge in [0.15, 0.2) is 0 Å². The summed E-state index contributed by atoms with van der Waals surface area (Å²) in [7, 11) is 0. The summed E-state index contributed by atoms with van der Waals surface area (Å²) < 4.78 is 5.60. The van der Waals surface area contributed by atoms with E-state index >= 15 is 0 Å². The number of nitrogens with zero attached hydrogens (tertiary/aromatic N) is 1. The molecule has 2 heteroatoms. The molecule has 0 bridgehead atoms. The van der Waals surface area contributed by atoms with Crippen molar-refractivity contribution < 1.29 is 4.74 Å². The van der Waals surface area contributed by atoms with E-state index in [0.717, 1.165) is 13.3 Å². The molecule has 1 heterocycles. The summed E-state index contributed by atoms with van der Waals surface area (Å²) in [6.07, 6.45) is 7.94. The molecule has 78 valence electrons. The zero-order chi connectivity index (χ0) is 9.36. The Morgan fingerprint density at radius 2 is 1.85 bits per heavy atom. The van der Waals surface area contributed by atoms with Gasteiger partial charge in [0.2, 0.25) is 0 Å². The minimum absolute atomic E-state index is 0.865. The second-order valence-electron chi connectivity index (χ2n) is 3.92. The Morgan fingerprint density at radius 1 is 1.08 bits per heavy atom. The first-order chi connectivity index (χ1) is 6.43. The predicted molar refractivity (Wildman–Crippen MR) is 55.8 cm³/mol. The van der Waals surface area contributed by atoms with Gasteiger partial charge in [0.05, 0.1) is 6.73 Å². The molecule has 1 rings (SSSR count). The Kier molecular flexibility index (Phi) is 6.21. The van der Waals surface area contributed by atoms with Gasteiger partial charge in [-0.25, -0.2) is 0 Å². The van der Waals surface area contributed by atoms with E-state index in [0.29, 0.717) is 0 Å². The summed E-state index contributed by atoms with van der Waals surface area (Å²) in [6.45, 7) is 6.53. The summed E-state index contributed by atoms with van der Waals surface area (Å²) >= 11 is 0. The lowest BCUT2D eigenvalue weighted by molar-refractivity contribution is 0.0175. The van der Waals surface area contributed by atoms with E-state index < -0.39 is 0 Å². The number of likely N-dealkylation sites (tertiary alicyclic amines) is 1. The molecule has 0 N–H and O–H groups in total. The highest BCUT2D eigenvalue weighted by Gasteiger charge is 2.08. The first kappa shape index (κ1) is 11.0. The molecular weight excluding hydrogens is 162 g/mol. The Bertz CT molecular complexity index is 111. The first-order valence-corrected chi connectivity index (χ1v) is 5.73. The van der Waals surface area contributed by atoms with Crippen molar-refractivity contribution >= 4 is 0 Å². The van der Waals surface area contributed by atoms with Crippen molar-refractivity contribution in [3.05, 3.63) is 0 Å². The van der Waals surface area contributed by atoms with Crippen LogP contribution in [-0.2, 0) is 4.74 Å². The first-order valence-electron chi connectivity index (χ1n) is 5.73. The third-order valence-corrected chi connectivity index (χ3v) is 2.61. The van der Waals surface area contributed by atoms with E-state index in [9.17, 15) is 0 Å². The topological polar surface area (TPSA) is 12.5 Å². The van der Waals surface area contributed by atoms with Gasteiger partial charge in [0.1, 0.15) is 0 Å². The lowest BCUT2D eigenvalue weighted by atomic mass is 10.1. The van der Waals surface area contributed by atoms with Crippen LogP contribution in [0, 0.1) is 0 Å². The molecule has 0 aromatic heterocycles. The van der Waals surface area contributed by atoms with Gasteiger partial charge < -0.3 is 4.74 Å². The quantitative estimate of drug-likeness (QED) is 0.590. The molecule has 1 aliphatic heterocycles. The third kappa shape index (κ3) is 5.27. The van der Waals surface area contributed by atoms with Gasteiger partial charge in [-0.15, -0.1) is 0 Å². The van der Waals surface area contributed by atoms with Crippen LogP contribution >= 0.6 is 0 Å². The van der Waals surface area contributed by atoms with Crippen LogP contribution in [0.15, 0.2) is 0 Å². The summed E-state index contributed by atoms with van der Waals surface area (Å²) in [5.74, 6) is 0. The van der Waals surface area contributed by atoms with Gasteiger partial charge in [-0.2, -0.15) is 0 Å². The number of hydrogen-bond donors (Lipinski definition) is 0. The number of ether oxygens (including phenoxy) is 1. The van der Waals surface area contributed by atoms with Crippen LogP contribution in [0.2, 0.25) is 0 Å². The molecule has 0 unspecified atom stereocenters. The average Bonchev–Trinajstić information content (AvgIpc) is 2.19. The molecule has 0 aromatic carbocycles. The molecule has 0 saturated carbocycles. The number of piperidine rings is 1. The van der Waals surface area contributed by atoms with E-state index in [2.05, 4.69) is 11.8 Å². The summed E-state index contributed by atoms with van der Waals surface area (Å²) in [6, 6.07) is 0. The molecule has 0 radical (unpaired) electrons. The zero-order valence-electron chi connectivity index (χ0n) is 8.93. The summed E-state index contributed by atoms with van der Waals surface area (Å²) in [5.41, 5.74) is 0. The van der Waals surface area contributed by atoms with Crippen LogP contribution in [0.3, 0.4) is 0 Å². The van der Waals surface area contributed by atoms with Crippen LogP contribution in [0.5, 0.6) is 0 Å². The lowest BCUT2D eigenvalue weighted by Gasteiger charge is -2.25. The van der Waals surface area contributed by atoms with Crippen LogP contribution in [-0.4, -0.2) is 31.3 Å². The van der Waals surface area contributed by atoms with Crippen molar-refractivity contribution in [2.75, 3.05) is 26.4 Å². The molecule has 1 fully saturated rings. The molecule has 0 aromatic rings. The number of unbranched alkanes of at least 4 members (excludes halogenated alkanes) is 2. The zero-order valence-corrected chi connectivity index (χ0v) is 8.93. The largest absolute Gasteiger partial charge is 0.366 e. The van der Waals surface area contributed by atoms with Crippen LogP contribution in [0.25, 0.3) is 0 Å². The summed E-state index contributed by atoms with van der Waals surface area (Å²) in [5, 5.41) is 0. The molecule has 0 atom stereocenters. The highest BCUT2D eigenvalue weighted by Crippen LogP contribution is 2.08. The fourth-order valence-corrected chi connectivity index (χ4v) is 1.74. The average molecular weight is 185 g/mol. The fraction of sp³-hybridized carbons (Fsp3) is 1.00. The normalized spacial score (nSPS) is 19.2. The molecule has 0 aliphatic carbocycles. The lowest BCUT2D eigenvalue weighted by Crippen LogP contribution is -2.31. The minimum atomic E-state index is 0.865. The van der Waals surface area contributed by atoms with Crippen molar-refractivity contribution in [3.63, 3.8) is 0 Å². The smallest absolute Gasteiger partial charge is 0.0990 e. The van der Waals surface area contributed by atoms with Crippen molar-refractivity contribution in [3.8, 4) is 0 Å². The van der Waals surface area contributed by atoms with E-state index in [-0.39, 0.29) is 0 Å². The molecular formula is C11H23NO. The van der Waals surface area contributed by atoms with E-state index in [1.807, 2.05) is 0 Å². The minimum Gasteiger partial charge on any atom is -0.366 e. The summed E-state index contributed by atoms with van der Waals surface area (Å²) in [4.78, 5) is 2.43. The molecule has 13 heavy (non-hydrogen) atoms. The second kappa shape index (κ2) is 7.34. The van der Waals surface area contributed by atoms with Gasteiger partial charge >= 0.3 is 0 Å². The van der Waals surface area contributed by atoms with E-state index in [1.54, 1.807) is 0 Å². The van der Waals surface area contributed by atoms with Crippen LogP contribution in [0.4, 0.5) is 0 Å². The van der Waals surface area contributed by atoms with E-state index in [1.165, 1.54) is 51.6 Å². The molecule has 0 spiro atoms. The highest BCUT2D eigenvalue weighted by molar-refractivity contribution is 4.60. The van der Waals surface area contributed by atoms with Crippen molar-refractivity contribution in [2.24, 2.45) is 0 Å². The Hall–Kier alpha value is -0.0800. The molecule has 1 saturated heterocycles. The van der Waals surface area contributed by atoms with Gasteiger partial charge in [-0.1, -0.05) is 26.2 Å². The van der Waals surface area contributed by atoms with Crippen molar-refractivity contribution in [1.82, 2.24) is 4.90 Å². The fourth-order valence-electron chi connectivity index (χ4n) is 1.74. The molecule has 2 nitrogen and oxygen atoms in total. The van der Waals surface area contributed by atoms with Crippen molar-refractivity contribution in [2.45, 2.75) is 45.4 Å². The Morgan fingerprint density at radius 3 is 2.54 bits per heavy atom. The van der Waals surface area contributed by atoms with Gasteiger partial charge in [0, 0.05) is 19.7 Å². The van der Waals surface area contributed by atoms with Gasteiger partial charge in [-0.3, -0.25) is 4.90 Å². The maximum Gasteiger partial charge on any atom is 0.0990 e. The monoisotopic (exact) mass is 185 g/mol. The second-order valence-corrected chi connectivity index (χ2v) is 3.92. The van der Waals surface area contributed by atoms with Crippen LogP contribution in [0.1, 0.15) is 45.4 Å².